The number of benzene rings is 2. The number of carbonyl (C=O) groups excluding carboxylic acids is 1. The minimum Gasteiger partial charge on any atom is -0.464 e. The fourth-order valence-electron chi connectivity index (χ4n) is 2.83. The summed E-state index contributed by atoms with van der Waals surface area (Å²) in [5.74, 6) is -0.570. The van der Waals surface area contributed by atoms with Crippen LogP contribution in [-0.2, 0) is 9.53 Å². The van der Waals surface area contributed by atoms with Crippen molar-refractivity contribution in [2.75, 3.05) is 13.2 Å². The molecular weight excluding hydrogens is 334 g/mol. The Morgan fingerprint density at radius 3 is 1.84 bits per heavy atom. The van der Waals surface area contributed by atoms with E-state index >= 15 is 0 Å². The van der Waals surface area contributed by atoms with E-state index in [1.165, 1.54) is 0 Å². The summed E-state index contributed by atoms with van der Waals surface area (Å²) in [6.45, 7) is 5.40. The number of nitrogens with one attached hydrogen (secondary N) is 1. The van der Waals surface area contributed by atoms with Crippen LogP contribution >= 0.6 is 12.4 Å². The van der Waals surface area contributed by atoms with Gasteiger partial charge in [-0.05, 0) is 24.0 Å². The van der Waals surface area contributed by atoms with Gasteiger partial charge < -0.3 is 10.1 Å². The molecule has 136 valence electrons. The zero-order chi connectivity index (χ0) is 17.2. The van der Waals surface area contributed by atoms with Crippen molar-refractivity contribution in [3.05, 3.63) is 71.8 Å². The molecule has 2 aromatic rings. The van der Waals surface area contributed by atoms with Crippen LogP contribution in [-0.4, -0.2) is 25.2 Å². The molecule has 1 N–H and O–H groups in total. The van der Waals surface area contributed by atoms with Gasteiger partial charge in [-0.15, -0.1) is 12.4 Å². The first kappa shape index (κ1) is 21.2. The molecule has 3 nitrogen and oxygen atoms in total. The van der Waals surface area contributed by atoms with Crippen molar-refractivity contribution in [2.45, 2.75) is 38.6 Å². The molecule has 0 aliphatic carbocycles. The van der Waals surface area contributed by atoms with Gasteiger partial charge >= 0.3 is 5.97 Å². The standard InChI is InChI=1S/C21H27NO2.ClH/c1-3-19(4-2)22-15-16-24-21(23)20(17-11-7-5-8-12-17)18-13-9-6-10-14-18;/h5-14,19-20,22H,3-4,15-16H2,1-2H3;1H. The molecule has 0 bridgehead atoms. The van der Waals surface area contributed by atoms with E-state index in [4.69, 9.17) is 4.74 Å². The normalized spacial score (nSPS) is 10.6. The lowest BCUT2D eigenvalue weighted by atomic mass is 9.91. The van der Waals surface area contributed by atoms with Gasteiger partial charge in [0, 0.05) is 12.6 Å². The summed E-state index contributed by atoms with van der Waals surface area (Å²) in [4.78, 5) is 12.7. The highest BCUT2D eigenvalue weighted by molar-refractivity contribution is 5.85. The lowest BCUT2D eigenvalue weighted by molar-refractivity contribution is -0.144. The largest absolute Gasteiger partial charge is 0.464 e. The maximum absolute atomic E-state index is 12.7. The maximum Gasteiger partial charge on any atom is 0.317 e. The highest BCUT2D eigenvalue weighted by Crippen LogP contribution is 2.25. The van der Waals surface area contributed by atoms with Crippen LogP contribution in [0.1, 0.15) is 43.7 Å². The van der Waals surface area contributed by atoms with Gasteiger partial charge in [0.15, 0.2) is 0 Å². The predicted octanol–water partition coefficient (Wildman–Crippen LogP) is 4.56. The van der Waals surface area contributed by atoms with Crippen LogP contribution in [0.5, 0.6) is 0 Å². The summed E-state index contributed by atoms with van der Waals surface area (Å²) in [7, 11) is 0. The zero-order valence-electron chi connectivity index (χ0n) is 15.0. The molecule has 0 amide bonds. The minimum absolute atomic E-state index is 0. The second-order valence-electron chi connectivity index (χ2n) is 5.89. The van der Waals surface area contributed by atoms with Crippen LogP contribution < -0.4 is 5.32 Å². The van der Waals surface area contributed by atoms with Crippen LogP contribution in [0, 0.1) is 0 Å². The Balaban J connectivity index is 0.00000312. The molecule has 0 radical (unpaired) electrons. The van der Waals surface area contributed by atoms with E-state index in [0.29, 0.717) is 19.2 Å². The van der Waals surface area contributed by atoms with Gasteiger partial charge in [-0.2, -0.15) is 0 Å². The molecule has 0 saturated carbocycles. The Morgan fingerprint density at radius 1 is 0.920 bits per heavy atom. The molecule has 0 spiro atoms. The average molecular weight is 362 g/mol. The van der Waals surface area contributed by atoms with Gasteiger partial charge in [-0.3, -0.25) is 4.79 Å². The molecule has 2 aromatic carbocycles. The van der Waals surface area contributed by atoms with Crippen molar-refractivity contribution >= 4 is 18.4 Å². The summed E-state index contributed by atoms with van der Waals surface area (Å²) in [5.41, 5.74) is 1.92. The molecule has 0 fully saturated rings. The minimum atomic E-state index is -0.374. The Kier molecular flexibility index (Phi) is 9.90. The number of hydrogen-bond donors (Lipinski definition) is 1. The first-order chi connectivity index (χ1) is 11.8. The van der Waals surface area contributed by atoms with Crippen molar-refractivity contribution < 1.29 is 9.53 Å². The van der Waals surface area contributed by atoms with Crippen LogP contribution in [0.15, 0.2) is 60.7 Å². The van der Waals surface area contributed by atoms with Crippen LogP contribution in [0.4, 0.5) is 0 Å². The third kappa shape index (κ3) is 6.52. The van der Waals surface area contributed by atoms with Gasteiger partial charge in [0.25, 0.3) is 0 Å². The van der Waals surface area contributed by atoms with E-state index < -0.39 is 0 Å². The Bertz CT molecular complexity index is 560. The fraction of sp³-hybridized carbons (Fsp3) is 0.381. The summed E-state index contributed by atoms with van der Waals surface area (Å²) in [6.07, 6.45) is 2.17. The Hall–Kier alpha value is -1.84. The zero-order valence-corrected chi connectivity index (χ0v) is 15.8. The molecule has 25 heavy (non-hydrogen) atoms. The van der Waals surface area contributed by atoms with Gasteiger partial charge in [-0.1, -0.05) is 74.5 Å². The third-order valence-electron chi connectivity index (χ3n) is 4.27. The van der Waals surface area contributed by atoms with E-state index in [1.54, 1.807) is 0 Å². The van der Waals surface area contributed by atoms with E-state index in [2.05, 4.69) is 19.2 Å². The fourth-order valence-corrected chi connectivity index (χ4v) is 2.83. The van der Waals surface area contributed by atoms with Gasteiger partial charge in [0.1, 0.15) is 12.5 Å². The number of esters is 1. The lowest BCUT2D eigenvalue weighted by Crippen LogP contribution is -2.32. The Morgan fingerprint density at radius 2 is 1.40 bits per heavy atom. The molecule has 0 heterocycles. The van der Waals surface area contributed by atoms with Crippen LogP contribution in [0.25, 0.3) is 0 Å². The quantitative estimate of drug-likeness (QED) is 0.525. The number of carbonyl (C=O) groups is 1. The molecular formula is C21H28ClNO2. The highest BCUT2D eigenvalue weighted by atomic mass is 35.5. The van der Waals surface area contributed by atoms with Gasteiger partial charge in [-0.25, -0.2) is 0 Å². The number of hydrogen-bond acceptors (Lipinski definition) is 3. The number of rotatable bonds is 9. The second kappa shape index (κ2) is 11.7. The maximum atomic E-state index is 12.7. The van der Waals surface area contributed by atoms with Crippen LogP contribution in [0.2, 0.25) is 0 Å². The van der Waals surface area contributed by atoms with Crippen molar-refractivity contribution in [2.24, 2.45) is 0 Å². The predicted molar refractivity (Wildman–Crippen MR) is 105 cm³/mol. The summed E-state index contributed by atoms with van der Waals surface area (Å²) < 4.78 is 5.55. The molecule has 4 heteroatoms. The van der Waals surface area contributed by atoms with Crippen molar-refractivity contribution in [3.63, 3.8) is 0 Å². The number of ether oxygens (including phenoxy) is 1. The lowest BCUT2D eigenvalue weighted by Gasteiger charge is -2.18. The molecule has 0 aliphatic heterocycles. The summed E-state index contributed by atoms with van der Waals surface area (Å²) in [5, 5.41) is 3.42. The van der Waals surface area contributed by atoms with Crippen molar-refractivity contribution in [1.29, 1.82) is 0 Å². The summed E-state index contributed by atoms with van der Waals surface area (Å²) >= 11 is 0. The van der Waals surface area contributed by atoms with E-state index in [9.17, 15) is 4.79 Å². The first-order valence-corrected chi connectivity index (χ1v) is 8.76. The molecule has 0 aliphatic rings. The topological polar surface area (TPSA) is 38.3 Å². The van der Waals surface area contributed by atoms with Crippen molar-refractivity contribution in [3.8, 4) is 0 Å². The second-order valence-corrected chi connectivity index (χ2v) is 5.89. The average Bonchev–Trinajstić information content (AvgIpc) is 2.64. The summed E-state index contributed by atoms with van der Waals surface area (Å²) in [6, 6.07) is 20.1. The monoisotopic (exact) mass is 361 g/mol. The van der Waals surface area contributed by atoms with E-state index in [-0.39, 0.29) is 24.3 Å². The van der Waals surface area contributed by atoms with Gasteiger partial charge in [0.2, 0.25) is 0 Å². The highest BCUT2D eigenvalue weighted by Gasteiger charge is 2.23. The molecule has 0 aromatic heterocycles. The molecule has 0 unspecified atom stereocenters. The third-order valence-corrected chi connectivity index (χ3v) is 4.27. The Labute approximate surface area is 157 Å². The first-order valence-electron chi connectivity index (χ1n) is 8.76. The smallest absolute Gasteiger partial charge is 0.317 e. The van der Waals surface area contributed by atoms with Crippen LogP contribution in [0.3, 0.4) is 0 Å². The SMILES string of the molecule is CCC(CC)NCCOC(=O)C(c1ccccc1)c1ccccc1.Cl. The van der Waals surface area contributed by atoms with E-state index in [1.807, 2.05) is 60.7 Å². The van der Waals surface area contributed by atoms with Gasteiger partial charge in [0.05, 0.1) is 0 Å². The number of halogens is 1. The van der Waals surface area contributed by atoms with E-state index in [0.717, 1.165) is 24.0 Å². The molecule has 0 atom stereocenters. The van der Waals surface area contributed by atoms with Crippen molar-refractivity contribution in [1.82, 2.24) is 5.32 Å². The molecule has 0 saturated heterocycles. The molecule has 2 rings (SSSR count).